The molecule has 6 heteroatoms. The predicted octanol–water partition coefficient (Wildman–Crippen LogP) is 3.22. The van der Waals surface area contributed by atoms with Crippen molar-refractivity contribution < 1.29 is 4.74 Å². The highest BCUT2D eigenvalue weighted by molar-refractivity contribution is 5.66. The molecule has 6 nitrogen and oxygen atoms in total. The minimum atomic E-state index is 0.197. The van der Waals surface area contributed by atoms with Gasteiger partial charge in [-0.2, -0.15) is 9.61 Å². The molecule has 0 fully saturated rings. The van der Waals surface area contributed by atoms with Crippen LogP contribution in [0.1, 0.15) is 31.5 Å². The molecule has 1 aromatic carbocycles. The van der Waals surface area contributed by atoms with Gasteiger partial charge in [-0.3, -0.25) is 0 Å². The first-order chi connectivity index (χ1) is 11.2. The monoisotopic (exact) mass is 311 g/mol. The van der Waals surface area contributed by atoms with Gasteiger partial charge in [-0.15, -0.1) is 10.2 Å². The van der Waals surface area contributed by atoms with E-state index in [1.54, 1.807) is 10.8 Å². The van der Waals surface area contributed by atoms with Gasteiger partial charge in [0.25, 0.3) is 0 Å². The van der Waals surface area contributed by atoms with Crippen molar-refractivity contribution >= 4 is 11.3 Å². The Morgan fingerprint density at radius 3 is 2.96 bits per heavy atom. The molecule has 0 aliphatic rings. The van der Waals surface area contributed by atoms with Crippen molar-refractivity contribution in [3.8, 4) is 5.75 Å². The van der Waals surface area contributed by atoms with E-state index in [1.807, 2.05) is 31.2 Å². The van der Waals surface area contributed by atoms with E-state index in [0.717, 1.165) is 34.8 Å². The van der Waals surface area contributed by atoms with Gasteiger partial charge in [-0.25, -0.2) is 0 Å². The van der Waals surface area contributed by atoms with Crippen LogP contribution in [-0.2, 0) is 6.54 Å². The zero-order valence-electron chi connectivity index (χ0n) is 13.7. The average molecular weight is 311 g/mol. The number of aryl methyl sites for hydroxylation is 1. The third kappa shape index (κ3) is 3.41. The lowest BCUT2D eigenvalue weighted by atomic mass is 10.2. The Hall–Kier alpha value is -2.63. The second-order valence-electron chi connectivity index (χ2n) is 5.60. The molecule has 0 radical (unpaired) electrons. The Bertz CT molecular complexity index is 799. The van der Waals surface area contributed by atoms with Crippen LogP contribution in [0.3, 0.4) is 0 Å². The molecule has 0 amide bonds. The molecule has 3 aromatic rings. The molecule has 3 rings (SSSR count). The lowest BCUT2D eigenvalue weighted by Crippen LogP contribution is -2.12. The van der Waals surface area contributed by atoms with Crippen LogP contribution in [0.4, 0.5) is 5.69 Å². The Kier molecular flexibility index (Phi) is 4.41. The van der Waals surface area contributed by atoms with Crippen LogP contribution in [0.2, 0.25) is 0 Å². The number of para-hydroxylation sites is 1. The molecular weight excluding hydrogens is 290 g/mol. The van der Waals surface area contributed by atoms with Crippen LogP contribution in [0.15, 0.2) is 36.7 Å². The van der Waals surface area contributed by atoms with Crippen molar-refractivity contribution in [3.63, 3.8) is 0 Å². The van der Waals surface area contributed by atoms with Gasteiger partial charge in [0, 0.05) is 12.1 Å². The zero-order chi connectivity index (χ0) is 16.2. The number of aromatic nitrogens is 4. The third-order valence-corrected chi connectivity index (χ3v) is 3.74. The molecule has 1 N–H and O–H groups in total. The van der Waals surface area contributed by atoms with Crippen molar-refractivity contribution in [1.82, 2.24) is 19.8 Å². The van der Waals surface area contributed by atoms with E-state index in [2.05, 4.69) is 40.5 Å². The van der Waals surface area contributed by atoms with Gasteiger partial charge in [0.15, 0.2) is 0 Å². The Balaban J connectivity index is 1.81. The fraction of sp³-hybridized carbons (Fsp3) is 0.353. The maximum atomic E-state index is 5.99. The normalized spacial score (nSPS) is 12.3. The molecule has 1 atom stereocenters. The summed E-state index contributed by atoms with van der Waals surface area (Å²) in [6.07, 6.45) is 2.78. The number of hydrogen-bond acceptors (Lipinski definition) is 5. The number of fused-ring (bicyclic) bond motifs is 1. The number of ether oxygens (including phenoxy) is 1. The van der Waals surface area contributed by atoms with Crippen LogP contribution in [0, 0.1) is 6.92 Å². The summed E-state index contributed by atoms with van der Waals surface area (Å²) in [5, 5.41) is 15.8. The second-order valence-corrected chi connectivity index (χ2v) is 5.60. The van der Waals surface area contributed by atoms with Gasteiger partial charge in [0.1, 0.15) is 12.1 Å². The van der Waals surface area contributed by atoms with Gasteiger partial charge >= 0.3 is 0 Å². The summed E-state index contributed by atoms with van der Waals surface area (Å²) in [7, 11) is 0. The SMILES string of the molecule is CCC(C)Oc1ccccc1CNc1cc(C)nn2cnnc12. The van der Waals surface area contributed by atoms with Crippen molar-refractivity contribution in [2.45, 2.75) is 39.8 Å². The molecule has 0 aliphatic carbocycles. The minimum absolute atomic E-state index is 0.197. The number of nitrogens with zero attached hydrogens (tertiary/aromatic N) is 4. The first-order valence-electron chi connectivity index (χ1n) is 7.83. The minimum Gasteiger partial charge on any atom is -0.490 e. The Morgan fingerprint density at radius 2 is 2.13 bits per heavy atom. The van der Waals surface area contributed by atoms with E-state index >= 15 is 0 Å². The van der Waals surface area contributed by atoms with Crippen LogP contribution >= 0.6 is 0 Å². The van der Waals surface area contributed by atoms with Crippen LogP contribution in [0.25, 0.3) is 5.65 Å². The molecular formula is C17H21N5O. The molecule has 1 unspecified atom stereocenters. The molecule has 0 aliphatic heterocycles. The lowest BCUT2D eigenvalue weighted by molar-refractivity contribution is 0.215. The fourth-order valence-corrected chi connectivity index (χ4v) is 2.34. The molecule has 120 valence electrons. The summed E-state index contributed by atoms with van der Waals surface area (Å²) in [4.78, 5) is 0. The second kappa shape index (κ2) is 6.64. The number of anilines is 1. The molecule has 2 aromatic heterocycles. The topological polar surface area (TPSA) is 64.3 Å². The van der Waals surface area contributed by atoms with Crippen molar-refractivity contribution in [2.75, 3.05) is 5.32 Å². The molecule has 0 spiro atoms. The highest BCUT2D eigenvalue weighted by Crippen LogP contribution is 2.22. The first kappa shape index (κ1) is 15.3. The van der Waals surface area contributed by atoms with E-state index in [1.165, 1.54) is 0 Å². The number of hydrogen-bond donors (Lipinski definition) is 1. The van der Waals surface area contributed by atoms with E-state index in [-0.39, 0.29) is 6.10 Å². The highest BCUT2D eigenvalue weighted by atomic mass is 16.5. The maximum absolute atomic E-state index is 5.99. The fourth-order valence-electron chi connectivity index (χ4n) is 2.34. The van der Waals surface area contributed by atoms with Gasteiger partial charge < -0.3 is 10.1 Å². The van der Waals surface area contributed by atoms with Gasteiger partial charge in [0.05, 0.1) is 17.5 Å². The summed E-state index contributed by atoms with van der Waals surface area (Å²) in [6.45, 7) is 6.80. The molecule has 2 heterocycles. The number of rotatable bonds is 6. The van der Waals surface area contributed by atoms with Crippen LogP contribution in [0.5, 0.6) is 5.75 Å². The Labute approximate surface area is 135 Å². The first-order valence-corrected chi connectivity index (χ1v) is 7.83. The molecule has 0 bridgehead atoms. The van der Waals surface area contributed by atoms with Crippen molar-refractivity contribution in [1.29, 1.82) is 0 Å². The number of benzene rings is 1. The van der Waals surface area contributed by atoms with Gasteiger partial charge in [-0.1, -0.05) is 25.1 Å². The number of nitrogens with one attached hydrogen (secondary N) is 1. The zero-order valence-corrected chi connectivity index (χ0v) is 13.7. The third-order valence-electron chi connectivity index (χ3n) is 3.74. The smallest absolute Gasteiger partial charge is 0.200 e. The largest absolute Gasteiger partial charge is 0.490 e. The van der Waals surface area contributed by atoms with Crippen molar-refractivity contribution in [3.05, 3.63) is 47.9 Å². The maximum Gasteiger partial charge on any atom is 0.200 e. The quantitative estimate of drug-likeness (QED) is 0.757. The summed E-state index contributed by atoms with van der Waals surface area (Å²) >= 11 is 0. The van der Waals surface area contributed by atoms with Gasteiger partial charge in [0.2, 0.25) is 5.65 Å². The lowest BCUT2D eigenvalue weighted by Gasteiger charge is -2.17. The van der Waals surface area contributed by atoms with Gasteiger partial charge in [-0.05, 0) is 32.4 Å². The van der Waals surface area contributed by atoms with Crippen LogP contribution in [-0.4, -0.2) is 25.9 Å². The predicted molar refractivity (Wildman–Crippen MR) is 89.7 cm³/mol. The molecule has 0 saturated heterocycles. The molecule has 23 heavy (non-hydrogen) atoms. The Morgan fingerprint density at radius 1 is 1.30 bits per heavy atom. The van der Waals surface area contributed by atoms with E-state index < -0.39 is 0 Å². The van der Waals surface area contributed by atoms with E-state index in [9.17, 15) is 0 Å². The van der Waals surface area contributed by atoms with Crippen molar-refractivity contribution in [2.24, 2.45) is 0 Å². The van der Waals surface area contributed by atoms with Crippen LogP contribution < -0.4 is 10.1 Å². The van der Waals surface area contributed by atoms with E-state index in [4.69, 9.17) is 4.74 Å². The highest BCUT2D eigenvalue weighted by Gasteiger charge is 2.09. The summed E-state index contributed by atoms with van der Waals surface area (Å²) in [6, 6.07) is 10.1. The standard InChI is InChI=1S/C17H21N5O/c1-4-13(3)23-16-8-6-5-7-14(16)10-18-15-9-12(2)21-22-11-19-20-17(15)22/h5-9,11,13,18H,4,10H2,1-3H3. The summed E-state index contributed by atoms with van der Waals surface area (Å²) in [5.41, 5.74) is 3.65. The molecule has 0 saturated carbocycles. The van der Waals surface area contributed by atoms with E-state index in [0.29, 0.717) is 6.54 Å². The summed E-state index contributed by atoms with van der Waals surface area (Å²) < 4.78 is 7.67. The average Bonchev–Trinajstić information content (AvgIpc) is 3.01. The summed E-state index contributed by atoms with van der Waals surface area (Å²) in [5.74, 6) is 0.914.